The van der Waals surface area contributed by atoms with E-state index in [0.717, 1.165) is 42.3 Å². The molecule has 0 atom stereocenters. The van der Waals surface area contributed by atoms with Gasteiger partial charge in [0, 0.05) is 31.6 Å². The van der Waals surface area contributed by atoms with Gasteiger partial charge in [-0.2, -0.15) is 0 Å². The monoisotopic (exact) mass is 293 g/mol. The molecule has 1 aliphatic carbocycles. The van der Waals surface area contributed by atoms with Gasteiger partial charge in [-0.05, 0) is 44.4 Å². The van der Waals surface area contributed by atoms with Crippen LogP contribution in [0.5, 0.6) is 0 Å². The van der Waals surface area contributed by atoms with Crippen LogP contribution >= 0.6 is 11.6 Å². The third-order valence-corrected chi connectivity index (χ3v) is 3.97. The molecule has 2 aromatic rings. The van der Waals surface area contributed by atoms with Crippen molar-refractivity contribution < 1.29 is 5.11 Å². The average molecular weight is 294 g/mol. The summed E-state index contributed by atoms with van der Waals surface area (Å²) in [7, 11) is 0. The molecule has 5 heteroatoms. The second-order valence-corrected chi connectivity index (χ2v) is 5.91. The molecule has 0 unspecified atom stereocenters. The molecule has 4 nitrogen and oxygen atoms in total. The number of aromatic nitrogens is 2. The van der Waals surface area contributed by atoms with Crippen molar-refractivity contribution in [2.75, 3.05) is 13.2 Å². The Balaban J connectivity index is 1.69. The first-order valence-electron chi connectivity index (χ1n) is 7.24. The lowest BCUT2D eigenvalue weighted by molar-refractivity contribution is 0.227. The second-order valence-electron chi connectivity index (χ2n) is 5.48. The summed E-state index contributed by atoms with van der Waals surface area (Å²) >= 11 is 6.00. The molecule has 0 amide bonds. The Bertz CT molecular complexity index is 580. The van der Waals surface area contributed by atoms with E-state index in [1.54, 1.807) is 0 Å². The lowest BCUT2D eigenvalue weighted by Gasteiger charge is -2.20. The van der Waals surface area contributed by atoms with E-state index in [2.05, 4.69) is 16.1 Å². The highest BCUT2D eigenvalue weighted by atomic mass is 35.5. The van der Waals surface area contributed by atoms with Crippen molar-refractivity contribution in [3.05, 3.63) is 35.2 Å². The molecule has 108 valence electrons. The zero-order valence-corrected chi connectivity index (χ0v) is 12.3. The molecular formula is C15H20ClN3O. The molecule has 2 aromatic heterocycles. The van der Waals surface area contributed by atoms with Crippen LogP contribution in [0, 0.1) is 0 Å². The van der Waals surface area contributed by atoms with Crippen LogP contribution in [-0.2, 0) is 6.54 Å². The summed E-state index contributed by atoms with van der Waals surface area (Å²) in [5.41, 5.74) is 2.03. The molecule has 0 bridgehead atoms. The molecule has 0 spiro atoms. The molecule has 0 radical (unpaired) electrons. The van der Waals surface area contributed by atoms with Gasteiger partial charge in [-0.15, -0.1) is 0 Å². The Labute approximate surface area is 124 Å². The highest BCUT2D eigenvalue weighted by molar-refractivity contribution is 6.30. The molecule has 1 fully saturated rings. The molecular weight excluding hydrogens is 274 g/mol. The number of fused-ring (bicyclic) bond motifs is 1. The van der Waals surface area contributed by atoms with Crippen molar-refractivity contribution in [1.29, 1.82) is 0 Å². The number of nitrogens with zero attached hydrogens (tertiary/aromatic N) is 3. The highest BCUT2D eigenvalue weighted by Crippen LogP contribution is 2.28. The number of hydrogen-bond donors (Lipinski definition) is 1. The first-order valence-corrected chi connectivity index (χ1v) is 7.62. The Morgan fingerprint density at radius 1 is 1.30 bits per heavy atom. The molecule has 1 saturated carbocycles. The fourth-order valence-electron chi connectivity index (χ4n) is 2.56. The minimum absolute atomic E-state index is 0.283. The van der Waals surface area contributed by atoms with Gasteiger partial charge < -0.3 is 9.51 Å². The van der Waals surface area contributed by atoms with Gasteiger partial charge in [0.15, 0.2) is 0 Å². The number of rotatable bonds is 7. The van der Waals surface area contributed by atoms with Crippen molar-refractivity contribution in [2.24, 2.45) is 0 Å². The predicted molar refractivity (Wildman–Crippen MR) is 80.0 cm³/mol. The third kappa shape index (κ3) is 3.32. The minimum Gasteiger partial charge on any atom is -0.396 e. The number of hydrogen-bond acceptors (Lipinski definition) is 3. The van der Waals surface area contributed by atoms with Crippen molar-refractivity contribution in [3.63, 3.8) is 0 Å². The number of aliphatic hydroxyl groups excluding tert-OH is 1. The molecule has 1 N–H and O–H groups in total. The maximum atomic E-state index is 8.90. The fourth-order valence-corrected chi connectivity index (χ4v) is 2.73. The van der Waals surface area contributed by atoms with Gasteiger partial charge in [-0.25, -0.2) is 4.98 Å². The zero-order valence-electron chi connectivity index (χ0n) is 11.5. The fraction of sp³-hybridized carbons (Fsp3) is 0.533. The number of halogens is 1. The van der Waals surface area contributed by atoms with E-state index in [0.29, 0.717) is 6.04 Å². The molecule has 20 heavy (non-hydrogen) atoms. The summed E-state index contributed by atoms with van der Waals surface area (Å²) in [6.45, 7) is 2.21. The maximum Gasteiger partial charge on any atom is 0.137 e. The third-order valence-electron chi connectivity index (χ3n) is 3.75. The first kappa shape index (κ1) is 13.9. The normalized spacial score (nSPS) is 15.3. The highest BCUT2D eigenvalue weighted by Gasteiger charge is 2.28. The van der Waals surface area contributed by atoms with Crippen molar-refractivity contribution in [2.45, 2.75) is 38.3 Å². The Morgan fingerprint density at radius 2 is 2.15 bits per heavy atom. The smallest absolute Gasteiger partial charge is 0.137 e. The van der Waals surface area contributed by atoms with Crippen LogP contribution in [0.1, 0.15) is 31.4 Å². The van der Waals surface area contributed by atoms with Crippen LogP contribution in [0.3, 0.4) is 0 Å². The maximum absolute atomic E-state index is 8.90. The number of unbranched alkanes of at least 4 members (excludes halogenated alkanes) is 1. The molecule has 2 heterocycles. The van der Waals surface area contributed by atoms with E-state index >= 15 is 0 Å². The predicted octanol–water partition coefficient (Wildman–Crippen LogP) is 2.72. The summed E-state index contributed by atoms with van der Waals surface area (Å²) in [6, 6.07) is 4.52. The minimum atomic E-state index is 0.283. The quantitative estimate of drug-likeness (QED) is 0.798. The lowest BCUT2D eigenvalue weighted by atomic mass is 10.3. The van der Waals surface area contributed by atoms with Crippen LogP contribution in [0.4, 0.5) is 0 Å². The summed E-state index contributed by atoms with van der Waals surface area (Å²) in [4.78, 5) is 7.13. The van der Waals surface area contributed by atoms with Gasteiger partial charge in [0.1, 0.15) is 5.65 Å². The van der Waals surface area contributed by atoms with Gasteiger partial charge >= 0.3 is 0 Å². The van der Waals surface area contributed by atoms with Crippen molar-refractivity contribution in [3.8, 4) is 0 Å². The van der Waals surface area contributed by atoms with Gasteiger partial charge in [0.05, 0.1) is 10.7 Å². The summed E-state index contributed by atoms with van der Waals surface area (Å²) in [5.74, 6) is 0. The first-order chi connectivity index (χ1) is 9.76. The number of imidazole rings is 1. The Kier molecular flexibility index (Phi) is 4.24. The Hall–Kier alpha value is -1.10. The molecule has 0 saturated heterocycles. The standard InChI is InChI=1S/C15H20ClN3O/c16-12-3-6-15-17-13(11-19(15)9-12)10-18(14-4-5-14)7-1-2-8-20/h3,6,9,11,14,20H,1-2,4-5,7-8,10H2. The molecule has 3 rings (SSSR count). The van der Waals surface area contributed by atoms with Crippen LogP contribution in [0.2, 0.25) is 5.02 Å². The second kappa shape index (κ2) is 6.12. The average Bonchev–Trinajstić information content (AvgIpc) is 3.19. The Morgan fingerprint density at radius 3 is 2.90 bits per heavy atom. The van der Waals surface area contributed by atoms with Crippen molar-refractivity contribution >= 4 is 17.2 Å². The van der Waals surface area contributed by atoms with E-state index in [1.165, 1.54) is 12.8 Å². The van der Waals surface area contributed by atoms with E-state index in [1.807, 2.05) is 22.7 Å². The summed E-state index contributed by atoms with van der Waals surface area (Å²) in [5, 5.41) is 9.62. The van der Waals surface area contributed by atoms with E-state index < -0.39 is 0 Å². The van der Waals surface area contributed by atoms with Gasteiger partial charge in [-0.3, -0.25) is 4.90 Å². The largest absolute Gasteiger partial charge is 0.396 e. The number of pyridine rings is 1. The van der Waals surface area contributed by atoms with Crippen LogP contribution in [-0.4, -0.2) is 38.6 Å². The molecule has 0 aromatic carbocycles. The van der Waals surface area contributed by atoms with E-state index in [9.17, 15) is 0 Å². The van der Waals surface area contributed by atoms with Crippen LogP contribution < -0.4 is 0 Å². The topological polar surface area (TPSA) is 40.8 Å². The summed E-state index contributed by atoms with van der Waals surface area (Å²) in [6.07, 6.45) is 8.45. The molecule has 1 aliphatic rings. The zero-order chi connectivity index (χ0) is 13.9. The number of aliphatic hydroxyl groups is 1. The summed E-state index contributed by atoms with van der Waals surface area (Å²) < 4.78 is 1.98. The lowest BCUT2D eigenvalue weighted by Crippen LogP contribution is -2.27. The van der Waals surface area contributed by atoms with Crippen molar-refractivity contribution in [1.82, 2.24) is 14.3 Å². The van der Waals surface area contributed by atoms with E-state index in [4.69, 9.17) is 16.7 Å². The van der Waals surface area contributed by atoms with Gasteiger partial charge in [0.2, 0.25) is 0 Å². The SMILES string of the molecule is OCCCCN(Cc1cn2cc(Cl)ccc2n1)C1CC1. The van der Waals surface area contributed by atoms with Crippen LogP contribution in [0.15, 0.2) is 24.5 Å². The van der Waals surface area contributed by atoms with Gasteiger partial charge in [0.25, 0.3) is 0 Å². The van der Waals surface area contributed by atoms with Gasteiger partial charge in [-0.1, -0.05) is 11.6 Å². The molecule has 0 aliphatic heterocycles. The van der Waals surface area contributed by atoms with E-state index in [-0.39, 0.29) is 6.61 Å². The van der Waals surface area contributed by atoms with Crippen LogP contribution in [0.25, 0.3) is 5.65 Å².